The summed E-state index contributed by atoms with van der Waals surface area (Å²) in [5.41, 5.74) is 4.76. The van der Waals surface area contributed by atoms with Gasteiger partial charge in [-0.25, -0.2) is 0 Å². The second-order valence-electron chi connectivity index (χ2n) is 6.94. The molecule has 2 aromatic carbocycles. The maximum atomic E-state index is 12.1. The number of carbonyl (C=O) groups excluding carboxylic acids is 2. The van der Waals surface area contributed by atoms with E-state index in [0.29, 0.717) is 13.0 Å². The van der Waals surface area contributed by atoms with Gasteiger partial charge in [-0.3, -0.25) is 9.59 Å². The van der Waals surface area contributed by atoms with Crippen LogP contribution in [0.2, 0.25) is 0 Å². The first-order chi connectivity index (χ1) is 14.0. The van der Waals surface area contributed by atoms with Gasteiger partial charge >= 0.3 is 5.97 Å². The van der Waals surface area contributed by atoms with Crippen molar-refractivity contribution in [1.29, 1.82) is 0 Å². The number of hydrogen-bond donors (Lipinski definition) is 1. The lowest BCUT2D eigenvalue weighted by Crippen LogP contribution is -2.30. The Morgan fingerprint density at radius 2 is 1.83 bits per heavy atom. The zero-order valence-corrected chi connectivity index (χ0v) is 16.9. The van der Waals surface area contributed by atoms with Gasteiger partial charge in [0.2, 0.25) is 0 Å². The minimum Gasteiger partial charge on any atom is -0.496 e. The zero-order valence-electron chi connectivity index (χ0n) is 16.9. The average molecular weight is 395 g/mol. The summed E-state index contributed by atoms with van der Waals surface area (Å²) in [4.78, 5) is 24.1. The second-order valence-corrected chi connectivity index (χ2v) is 6.94. The van der Waals surface area contributed by atoms with Gasteiger partial charge in [-0.15, -0.1) is 0 Å². The molecule has 0 spiro atoms. The lowest BCUT2D eigenvalue weighted by molar-refractivity contribution is -0.147. The number of para-hydroxylation sites is 1. The van der Waals surface area contributed by atoms with E-state index in [4.69, 9.17) is 13.9 Å². The Balaban J connectivity index is 1.46. The number of amides is 1. The van der Waals surface area contributed by atoms with Crippen LogP contribution in [0.15, 0.2) is 47.1 Å². The van der Waals surface area contributed by atoms with Crippen LogP contribution in [-0.2, 0) is 27.2 Å². The number of carbonyl (C=O) groups is 2. The molecule has 1 N–H and O–H groups in total. The third-order valence-electron chi connectivity index (χ3n) is 4.88. The van der Waals surface area contributed by atoms with Crippen molar-refractivity contribution < 1.29 is 23.5 Å². The van der Waals surface area contributed by atoms with Crippen molar-refractivity contribution in [3.05, 3.63) is 64.9 Å². The molecule has 1 aromatic heterocycles. The maximum absolute atomic E-state index is 12.1. The number of benzene rings is 2. The van der Waals surface area contributed by atoms with Gasteiger partial charge in [0.25, 0.3) is 5.91 Å². The number of rotatable bonds is 8. The Morgan fingerprint density at radius 1 is 1.07 bits per heavy atom. The van der Waals surface area contributed by atoms with E-state index in [1.165, 1.54) is 0 Å². The summed E-state index contributed by atoms with van der Waals surface area (Å²) in [5, 5.41) is 3.64. The van der Waals surface area contributed by atoms with Crippen LogP contribution in [-0.4, -0.2) is 32.1 Å². The maximum Gasteiger partial charge on any atom is 0.310 e. The van der Waals surface area contributed by atoms with Crippen LogP contribution in [0, 0.1) is 13.8 Å². The molecule has 3 rings (SSSR count). The van der Waals surface area contributed by atoms with Gasteiger partial charge in [-0.2, -0.15) is 0 Å². The number of ether oxygens (including phenoxy) is 2. The normalized spacial score (nSPS) is 10.7. The Morgan fingerprint density at radius 3 is 2.62 bits per heavy atom. The van der Waals surface area contributed by atoms with Gasteiger partial charge in [0, 0.05) is 17.5 Å². The van der Waals surface area contributed by atoms with Crippen LogP contribution in [0.3, 0.4) is 0 Å². The Kier molecular flexibility index (Phi) is 6.54. The van der Waals surface area contributed by atoms with E-state index in [1.807, 2.05) is 50.2 Å². The van der Waals surface area contributed by atoms with Crippen LogP contribution in [0.1, 0.15) is 22.3 Å². The molecule has 29 heavy (non-hydrogen) atoms. The van der Waals surface area contributed by atoms with Crippen molar-refractivity contribution in [3.63, 3.8) is 0 Å². The number of furan rings is 1. The average Bonchev–Trinajstić information content (AvgIpc) is 3.08. The Bertz CT molecular complexity index is 1020. The number of fused-ring (bicyclic) bond motifs is 1. The van der Waals surface area contributed by atoms with Gasteiger partial charge < -0.3 is 19.2 Å². The fraction of sp³-hybridized carbons (Fsp3) is 0.304. The number of methoxy groups -OCH3 is 1. The van der Waals surface area contributed by atoms with Gasteiger partial charge in [-0.05, 0) is 55.2 Å². The lowest BCUT2D eigenvalue weighted by Gasteiger charge is -2.09. The molecule has 1 amide bonds. The fourth-order valence-electron chi connectivity index (χ4n) is 3.12. The van der Waals surface area contributed by atoms with E-state index >= 15 is 0 Å². The molecule has 0 aliphatic carbocycles. The van der Waals surface area contributed by atoms with Crippen molar-refractivity contribution in [2.75, 3.05) is 20.3 Å². The summed E-state index contributed by atoms with van der Waals surface area (Å²) in [5.74, 6) is -0.0199. The summed E-state index contributed by atoms with van der Waals surface area (Å²) in [6, 6.07) is 11.6. The smallest absolute Gasteiger partial charge is 0.310 e. The van der Waals surface area contributed by atoms with Gasteiger partial charge in [-0.1, -0.05) is 18.2 Å². The highest BCUT2D eigenvalue weighted by Gasteiger charge is 2.14. The highest BCUT2D eigenvalue weighted by molar-refractivity contribution is 5.87. The molecule has 6 heteroatoms. The monoisotopic (exact) mass is 395 g/mol. The van der Waals surface area contributed by atoms with E-state index < -0.39 is 5.97 Å². The minimum absolute atomic E-state index is 0.0595. The highest BCUT2D eigenvalue weighted by atomic mass is 16.5. The quantitative estimate of drug-likeness (QED) is 0.591. The van der Waals surface area contributed by atoms with Crippen LogP contribution >= 0.6 is 0 Å². The molecule has 0 bridgehead atoms. The third kappa shape index (κ3) is 5.16. The highest BCUT2D eigenvalue weighted by Crippen LogP contribution is 2.25. The predicted octanol–water partition coefficient (Wildman–Crippen LogP) is 3.50. The molecular weight excluding hydrogens is 370 g/mol. The Hall–Kier alpha value is -3.28. The largest absolute Gasteiger partial charge is 0.496 e. The number of nitrogens with one attached hydrogen (secondary N) is 1. The van der Waals surface area contributed by atoms with Gasteiger partial charge in [0.05, 0.1) is 19.8 Å². The van der Waals surface area contributed by atoms with Crippen molar-refractivity contribution in [1.82, 2.24) is 5.32 Å². The first-order valence-corrected chi connectivity index (χ1v) is 9.49. The van der Waals surface area contributed by atoms with Crippen LogP contribution in [0.25, 0.3) is 11.0 Å². The van der Waals surface area contributed by atoms with Crippen LogP contribution < -0.4 is 10.1 Å². The summed E-state index contributed by atoms with van der Waals surface area (Å²) < 4.78 is 15.9. The summed E-state index contributed by atoms with van der Waals surface area (Å²) in [7, 11) is 1.61. The van der Waals surface area contributed by atoms with Gasteiger partial charge in [0.1, 0.15) is 11.3 Å². The molecule has 0 radical (unpaired) electrons. The number of esters is 1. The molecule has 0 saturated heterocycles. The predicted molar refractivity (Wildman–Crippen MR) is 110 cm³/mol. The third-order valence-corrected chi connectivity index (χ3v) is 4.88. The first-order valence-electron chi connectivity index (χ1n) is 9.49. The standard InChI is InChI=1S/C23H25NO5/c1-15-10-19-18(13-28-21(19)11-16(15)2)12-23(26)29-14-22(25)24-9-8-17-6-4-5-7-20(17)27-3/h4-7,10-11,13H,8-9,12,14H2,1-3H3,(H,24,25). The van der Waals surface area contributed by atoms with Crippen molar-refractivity contribution in [2.24, 2.45) is 0 Å². The molecule has 0 atom stereocenters. The molecule has 0 fully saturated rings. The minimum atomic E-state index is -0.467. The van der Waals surface area contributed by atoms with Crippen molar-refractivity contribution in [3.8, 4) is 5.75 Å². The molecule has 0 aliphatic heterocycles. The first kappa shape index (κ1) is 20.5. The molecule has 6 nitrogen and oxygen atoms in total. The summed E-state index contributed by atoms with van der Waals surface area (Å²) in [6.45, 7) is 4.15. The number of hydrogen-bond acceptors (Lipinski definition) is 5. The number of aryl methyl sites for hydroxylation is 2. The molecular formula is C23H25NO5. The fourth-order valence-corrected chi connectivity index (χ4v) is 3.12. The zero-order chi connectivity index (χ0) is 20.8. The van der Waals surface area contributed by atoms with E-state index in [0.717, 1.165) is 39.0 Å². The molecule has 1 heterocycles. The van der Waals surface area contributed by atoms with E-state index in [2.05, 4.69) is 5.32 Å². The van der Waals surface area contributed by atoms with Gasteiger partial charge in [0.15, 0.2) is 6.61 Å². The van der Waals surface area contributed by atoms with Crippen molar-refractivity contribution in [2.45, 2.75) is 26.7 Å². The topological polar surface area (TPSA) is 77.8 Å². The molecule has 0 unspecified atom stereocenters. The van der Waals surface area contributed by atoms with E-state index in [1.54, 1.807) is 13.4 Å². The second kappa shape index (κ2) is 9.28. The Labute approximate surface area is 169 Å². The molecule has 0 aliphatic rings. The van der Waals surface area contributed by atoms with E-state index in [-0.39, 0.29) is 18.9 Å². The molecule has 152 valence electrons. The van der Waals surface area contributed by atoms with Crippen LogP contribution in [0.5, 0.6) is 5.75 Å². The summed E-state index contributed by atoms with van der Waals surface area (Å²) >= 11 is 0. The van der Waals surface area contributed by atoms with Crippen LogP contribution in [0.4, 0.5) is 0 Å². The van der Waals surface area contributed by atoms with Crippen molar-refractivity contribution >= 4 is 22.8 Å². The van der Waals surface area contributed by atoms with E-state index in [9.17, 15) is 9.59 Å². The summed E-state index contributed by atoms with van der Waals surface area (Å²) in [6.07, 6.45) is 2.26. The molecule has 0 saturated carbocycles. The SMILES string of the molecule is COc1ccccc1CCNC(=O)COC(=O)Cc1coc2cc(C)c(C)cc12. The molecule has 3 aromatic rings. The lowest BCUT2D eigenvalue weighted by atomic mass is 10.0.